The lowest BCUT2D eigenvalue weighted by molar-refractivity contribution is 0.0926. The van der Waals surface area contributed by atoms with Crippen molar-refractivity contribution in [2.75, 3.05) is 4.90 Å². The fraction of sp³-hybridized carbons (Fsp3) is 0. The zero-order chi connectivity index (χ0) is 26.2. The third-order valence-electron chi connectivity index (χ3n) is 7.56. The van der Waals surface area contributed by atoms with Gasteiger partial charge in [0.2, 0.25) is 0 Å². The van der Waals surface area contributed by atoms with Crippen LogP contribution in [0.3, 0.4) is 0 Å². The number of thiophene rings is 1. The van der Waals surface area contributed by atoms with Gasteiger partial charge in [0.25, 0.3) is 11.8 Å². The maximum absolute atomic E-state index is 13.1. The van der Waals surface area contributed by atoms with E-state index in [0.29, 0.717) is 16.8 Å². The molecule has 0 atom stereocenters. The van der Waals surface area contributed by atoms with E-state index in [2.05, 4.69) is 59.2 Å². The Bertz CT molecular complexity index is 2210. The Hall–Kier alpha value is -5.25. The molecule has 39 heavy (non-hydrogen) atoms. The second kappa shape index (κ2) is 7.87. The number of para-hydroxylation sites is 1. The van der Waals surface area contributed by atoms with Gasteiger partial charge in [-0.1, -0.05) is 48.5 Å². The van der Waals surface area contributed by atoms with E-state index in [1.807, 2.05) is 18.2 Å². The summed E-state index contributed by atoms with van der Waals surface area (Å²) in [7, 11) is 0. The summed E-state index contributed by atoms with van der Waals surface area (Å²) in [6.07, 6.45) is 0. The van der Waals surface area contributed by atoms with Crippen molar-refractivity contribution >= 4 is 70.8 Å². The molecule has 0 bridgehead atoms. The molecule has 5 nitrogen and oxygen atoms in total. The number of hydrogen-bond acceptors (Lipinski definition) is 4. The van der Waals surface area contributed by atoms with Crippen LogP contribution >= 0.6 is 11.3 Å². The van der Waals surface area contributed by atoms with Gasteiger partial charge < -0.3 is 4.57 Å². The van der Waals surface area contributed by atoms with Gasteiger partial charge in [-0.25, -0.2) is 4.90 Å². The molecule has 182 valence electrons. The molecule has 0 aliphatic carbocycles. The molecule has 6 heteroatoms. The fourth-order valence-electron chi connectivity index (χ4n) is 5.82. The molecule has 0 saturated heterocycles. The van der Waals surface area contributed by atoms with Gasteiger partial charge in [0.1, 0.15) is 6.07 Å². The van der Waals surface area contributed by atoms with Crippen molar-refractivity contribution in [1.82, 2.24) is 4.57 Å². The van der Waals surface area contributed by atoms with Gasteiger partial charge in [-0.15, -0.1) is 11.3 Å². The van der Waals surface area contributed by atoms with Crippen LogP contribution in [0.5, 0.6) is 0 Å². The van der Waals surface area contributed by atoms with Crippen LogP contribution in [0.25, 0.3) is 47.7 Å². The van der Waals surface area contributed by atoms with E-state index in [1.165, 1.54) is 20.2 Å². The molecule has 7 aromatic rings. The van der Waals surface area contributed by atoms with Gasteiger partial charge in [0.15, 0.2) is 0 Å². The number of carbonyl (C=O) groups is 2. The Morgan fingerprint density at radius 2 is 1.31 bits per heavy atom. The summed E-state index contributed by atoms with van der Waals surface area (Å²) in [6.45, 7) is 0. The molecule has 1 aliphatic rings. The van der Waals surface area contributed by atoms with Gasteiger partial charge >= 0.3 is 0 Å². The molecule has 2 aromatic heterocycles. The Labute approximate surface area is 226 Å². The standard InChI is InChI=1S/C33H17N3O2S/c34-18-19-15-20(13-14-27(19)36-32(37)23-9-1-2-10-24(23)33(36)38)35-28-11-5-3-7-21(28)25-17-31-26(16-29(25)35)22-8-4-6-12-30(22)39-31/h1-17H. The quantitative estimate of drug-likeness (QED) is 0.219. The molecule has 2 amide bonds. The van der Waals surface area contributed by atoms with E-state index in [4.69, 9.17) is 0 Å². The van der Waals surface area contributed by atoms with Crippen molar-refractivity contribution < 1.29 is 9.59 Å². The summed E-state index contributed by atoms with van der Waals surface area (Å²) in [5, 5.41) is 14.8. The Morgan fingerprint density at radius 1 is 0.615 bits per heavy atom. The Balaban J connectivity index is 1.37. The predicted octanol–water partition coefficient (Wildman–Crippen LogP) is 7.82. The summed E-state index contributed by atoms with van der Waals surface area (Å²) >= 11 is 1.79. The fourth-order valence-corrected chi connectivity index (χ4v) is 6.95. The van der Waals surface area contributed by atoms with Gasteiger partial charge in [0.05, 0.1) is 33.4 Å². The summed E-state index contributed by atoms with van der Waals surface area (Å²) < 4.78 is 4.63. The summed E-state index contributed by atoms with van der Waals surface area (Å²) in [5.74, 6) is -0.827. The number of amides is 2. The topological polar surface area (TPSA) is 66.1 Å². The number of fused-ring (bicyclic) bond motifs is 7. The third-order valence-corrected chi connectivity index (χ3v) is 8.70. The van der Waals surface area contributed by atoms with Gasteiger partial charge in [-0.2, -0.15) is 5.26 Å². The van der Waals surface area contributed by atoms with E-state index in [1.54, 1.807) is 47.7 Å². The average Bonchev–Trinajstić information content (AvgIpc) is 3.59. The lowest BCUT2D eigenvalue weighted by atomic mass is 10.1. The van der Waals surface area contributed by atoms with Crippen LogP contribution in [-0.4, -0.2) is 16.4 Å². The molecular formula is C33H17N3O2S. The molecule has 0 N–H and O–H groups in total. The Morgan fingerprint density at radius 3 is 2.08 bits per heavy atom. The summed E-state index contributed by atoms with van der Waals surface area (Å²) in [5.41, 5.74) is 4.10. The van der Waals surface area contributed by atoms with Gasteiger partial charge in [-0.3, -0.25) is 9.59 Å². The molecule has 0 fully saturated rings. The number of carbonyl (C=O) groups excluding carboxylic acids is 2. The highest BCUT2D eigenvalue weighted by Crippen LogP contribution is 2.41. The highest BCUT2D eigenvalue weighted by molar-refractivity contribution is 7.25. The minimum absolute atomic E-state index is 0.259. The molecule has 8 rings (SSSR count). The van der Waals surface area contributed by atoms with Crippen molar-refractivity contribution in [3.05, 3.63) is 120 Å². The maximum Gasteiger partial charge on any atom is 0.266 e. The lowest BCUT2D eigenvalue weighted by Gasteiger charge is -2.17. The zero-order valence-corrected chi connectivity index (χ0v) is 21.2. The van der Waals surface area contributed by atoms with E-state index >= 15 is 0 Å². The van der Waals surface area contributed by atoms with Crippen molar-refractivity contribution in [2.45, 2.75) is 0 Å². The van der Waals surface area contributed by atoms with Crippen molar-refractivity contribution in [3.63, 3.8) is 0 Å². The molecule has 0 radical (unpaired) electrons. The van der Waals surface area contributed by atoms with E-state index < -0.39 is 11.8 Å². The van der Waals surface area contributed by atoms with Crippen LogP contribution in [0.4, 0.5) is 5.69 Å². The highest BCUT2D eigenvalue weighted by Gasteiger charge is 2.37. The first kappa shape index (κ1) is 21.8. The number of rotatable bonds is 2. The Kier molecular flexibility index (Phi) is 4.40. The van der Waals surface area contributed by atoms with Gasteiger partial charge in [0, 0.05) is 36.6 Å². The van der Waals surface area contributed by atoms with Crippen LogP contribution in [0, 0.1) is 11.3 Å². The van der Waals surface area contributed by atoms with Crippen LogP contribution in [0.2, 0.25) is 0 Å². The van der Waals surface area contributed by atoms with E-state index in [-0.39, 0.29) is 5.56 Å². The number of imide groups is 1. The molecule has 3 heterocycles. The number of benzene rings is 5. The van der Waals surface area contributed by atoms with Crippen molar-refractivity contribution in [1.29, 1.82) is 5.26 Å². The first-order valence-corrected chi connectivity index (χ1v) is 13.3. The second-order valence-electron chi connectivity index (χ2n) is 9.62. The first-order chi connectivity index (χ1) is 19.1. The zero-order valence-electron chi connectivity index (χ0n) is 20.4. The number of hydrogen-bond donors (Lipinski definition) is 0. The first-order valence-electron chi connectivity index (χ1n) is 12.5. The van der Waals surface area contributed by atoms with E-state index in [9.17, 15) is 14.9 Å². The second-order valence-corrected chi connectivity index (χ2v) is 10.7. The van der Waals surface area contributed by atoms with Gasteiger partial charge in [-0.05, 0) is 54.6 Å². The third kappa shape index (κ3) is 2.93. The number of anilines is 1. The monoisotopic (exact) mass is 519 g/mol. The predicted molar refractivity (Wildman–Crippen MR) is 156 cm³/mol. The maximum atomic E-state index is 13.1. The average molecular weight is 520 g/mol. The molecular weight excluding hydrogens is 502 g/mol. The largest absolute Gasteiger partial charge is 0.309 e. The van der Waals surface area contributed by atoms with Crippen LogP contribution in [-0.2, 0) is 0 Å². The minimum Gasteiger partial charge on any atom is -0.309 e. The molecule has 5 aromatic carbocycles. The van der Waals surface area contributed by atoms with Crippen LogP contribution in [0.15, 0.2) is 103 Å². The molecule has 0 spiro atoms. The summed E-state index contributed by atoms with van der Waals surface area (Å²) in [6, 6.07) is 35.5. The SMILES string of the molecule is N#Cc1cc(-n2c3ccccc3c3cc4sc5ccccc5c4cc32)ccc1N1C(=O)c2ccccc2C1=O. The molecule has 0 unspecified atom stereocenters. The molecule has 1 aliphatic heterocycles. The smallest absolute Gasteiger partial charge is 0.266 e. The van der Waals surface area contributed by atoms with Crippen molar-refractivity contribution in [3.8, 4) is 11.8 Å². The number of aromatic nitrogens is 1. The van der Waals surface area contributed by atoms with Crippen LogP contribution in [0.1, 0.15) is 26.3 Å². The highest BCUT2D eigenvalue weighted by atomic mass is 32.1. The van der Waals surface area contributed by atoms with Crippen LogP contribution < -0.4 is 4.90 Å². The number of nitriles is 1. The molecule has 0 saturated carbocycles. The number of nitrogens with zero attached hydrogens (tertiary/aromatic N) is 3. The summed E-state index contributed by atoms with van der Waals surface area (Å²) in [4.78, 5) is 27.4. The normalized spacial score (nSPS) is 13.2. The lowest BCUT2D eigenvalue weighted by Crippen LogP contribution is -2.30. The van der Waals surface area contributed by atoms with Crippen molar-refractivity contribution in [2.24, 2.45) is 0 Å². The minimum atomic E-state index is -0.413. The van der Waals surface area contributed by atoms with E-state index in [0.717, 1.165) is 32.4 Å².